The standard InChI is InChI=1S/C13H6BrCl2FN2S/c14-6-1-2-10-11(3-6)19(13(20)18-10)7-4-8(15)12(17)9(16)5-7/h1-5H,(H,18,20). The monoisotopic (exact) mass is 390 g/mol. The first kappa shape index (κ1) is 14.1. The lowest BCUT2D eigenvalue weighted by Gasteiger charge is -2.07. The molecule has 102 valence electrons. The van der Waals surface area contributed by atoms with Crippen LogP contribution in [0.15, 0.2) is 34.8 Å². The largest absolute Gasteiger partial charge is 0.330 e. The molecule has 0 saturated carbocycles. The van der Waals surface area contributed by atoms with E-state index in [0.29, 0.717) is 10.5 Å². The van der Waals surface area contributed by atoms with Crippen LogP contribution in [0.3, 0.4) is 0 Å². The number of imidazole rings is 1. The molecule has 0 aliphatic heterocycles. The van der Waals surface area contributed by atoms with Crippen molar-refractivity contribution in [1.29, 1.82) is 0 Å². The van der Waals surface area contributed by atoms with Crippen molar-refractivity contribution in [2.75, 3.05) is 0 Å². The van der Waals surface area contributed by atoms with Crippen LogP contribution in [-0.4, -0.2) is 9.55 Å². The Bertz CT molecular complexity index is 865. The van der Waals surface area contributed by atoms with E-state index in [1.54, 1.807) is 4.57 Å². The molecule has 0 spiro atoms. The minimum atomic E-state index is -0.635. The Hall–Kier alpha value is -0.880. The molecule has 0 aliphatic carbocycles. The van der Waals surface area contributed by atoms with Gasteiger partial charge in [0.05, 0.1) is 26.8 Å². The maximum Gasteiger partial charge on any atom is 0.182 e. The quantitative estimate of drug-likeness (QED) is 0.404. The number of aromatic nitrogens is 2. The van der Waals surface area contributed by atoms with Gasteiger partial charge in [-0.2, -0.15) is 0 Å². The van der Waals surface area contributed by atoms with Crippen molar-refractivity contribution in [3.63, 3.8) is 0 Å². The van der Waals surface area contributed by atoms with Gasteiger partial charge in [0.1, 0.15) is 0 Å². The highest BCUT2D eigenvalue weighted by Gasteiger charge is 2.12. The molecule has 20 heavy (non-hydrogen) atoms. The van der Waals surface area contributed by atoms with Gasteiger partial charge < -0.3 is 4.98 Å². The molecule has 3 aromatic rings. The van der Waals surface area contributed by atoms with Gasteiger partial charge in [-0.25, -0.2) is 4.39 Å². The average Bonchev–Trinajstić information content (AvgIpc) is 2.70. The lowest BCUT2D eigenvalue weighted by atomic mass is 10.2. The summed E-state index contributed by atoms with van der Waals surface area (Å²) in [7, 11) is 0. The summed E-state index contributed by atoms with van der Waals surface area (Å²) in [5, 5.41) is -0.0857. The fourth-order valence-electron chi connectivity index (χ4n) is 2.00. The molecule has 2 nitrogen and oxygen atoms in total. The predicted octanol–water partition coefficient (Wildman–Crippen LogP) is 5.90. The second-order valence-corrected chi connectivity index (χ2v) is 6.27. The van der Waals surface area contributed by atoms with Gasteiger partial charge in [0.15, 0.2) is 10.6 Å². The fourth-order valence-corrected chi connectivity index (χ4v) is 3.14. The Kier molecular flexibility index (Phi) is 3.62. The molecule has 0 aliphatic rings. The first-order valence-corrected chi connectivity index (χ1v) is 7.48. The number of aromatic amines is 1. The zero-order valence-electron chi connectivity index (χ0n) is 9.75. The summed E-state index contributed by atoms with van der Waals surface area (Å²) in [6, 6.07) is 8.70. The van der Waals surface area contributed by atoms with Crippen LogP contribution in [0, 0.1) is 10.6 Å². The summed E-state index contributed by atoms with van der Waals surface area (Å²) in [5.41, 5.74) is 2.33. The number of halogens is 4. The fraction of sp³-hybridized carbons (Fsp3) is 0. The molecule has 0 atom stereocenters. The van der Waals surface area contributed by atoms with E-state index < -0.39 is 5.82 Å². The third-order valence-corrected chi connectivity index (χ3v) is 4.20. The highest BCUT2D eigenvalue weighted by atomic mass is 79.9. The molecule has 1 aromatic heterocycles. The molecule has 0 fully saturated rings. The minimum absolute atomic E-state index is 0.0428. The Morgan fingerprint density at radius 3 is 2.45 bits per heavy atom. The highest BCUT2D eigenvalue weighted by Crippen LogP contribution is 2.29. The van der Waals surface area contributed by atoms with Crippen LogP contribution in [0.4, 0.5) is 4.39 Å². The Balaban J connectivity index is 2.37. The molecule has 1 heterocycles. The third kappa shape index (κ3) is 2.29. The third-order valence-electron chi connectivity index (χ3n) is 2.87. The van der Waals surface area contributed by atoms with E-state index in [0.717, 1.165) is 15.5 Å². The van der Waals surface area contributed by atoms with Gasteiger partial charge in [0.25, 0.3) is 0 Å². The smallest absolute Gasteiger partial charge is 0.182 e. The van der Waals surface area contributed by atoms with Gasteiger partial charge >= 0.3 is 0 Å². The van der Waals surface area contributed by atoms with E-state index >= 15 is 0 Å². The van der Waals surface area contributed by atoms with Crippen LogP contribution in [0.5, 0.6) is 0 Å². The molecule has 7 heteroatoms. The average molecular weight is 392 g/mol. The normalized spacial score (nSPS) is 11.2. The molecule has 0 amide bonds. The zero-order chi connectivity index (χ0) is 14.4. The molecular formula is C13H6BrCl2FN2S. The number of fused-ring (bicyclic) bond motifs is 1. The summed E-state index contributed by atoms with van der Waals surface area (Å²) < 4.78 is 16.7. The van der Waals surface area contributed by atoms with Gasteiger partial charge in [-0.1, -0.05) is 39.1 Å². The van der Waals surface area contributed by atoms with Crippen molar-refractivity contribution in [1.82, 2.24) is 9.55 Å². The first-order chi connectivity index (χ1) is 9.47. The van der Waals surface area contributed by atoms with E-state index in [-0.39, 0.29) is 10.0 Å². The predicted molar refractivity (Wildman–Crippen MR) is 86.1 cm³/mol. The number of hydrogen-bond donors (Lipinski definition) is 1. The highest BCUT2D eigenvalue weighted by molar-refractivity contribution is 9.10. The Morgan fingerprint density at radius 2 is 1.80 bits per heavy atom. The summed E-state index contributed by atoms with van der Waals surface area (Å²) in [6.45, 7) is 0. The van der Waals surface area contributed by atoms with Crippen LogP contribution in [0.25, 0.3) is 16.7 Å². The second kappa shape index (κ2) is 5.15. The van der Waals surface area contributed by atoms with Crippen molar-refractivity contribution in [2.45, 2.75) is 0 Å². The van der Waals surface area contributed by atoms with E-state index in [4.69, 9.17) is 35.4 Å². The number of rotatable bonds is 1. The van der Waals surface area contributed by atoms with Gasteiger partial charge in [-0.3, -0.25) is 4.57 Å². The molecule has 2 aromatic carbocycles. The Morgan fingerprint density at radius 1 is 1.15 bits per heavy atom. The first-order valence-electron chi connectivity index (χ1n) is 5.52. The summed E-state index contributed by atoms with van der Waals surface area (Å²) in [4.78, 5) is 3.08. The van der Waals surface area contributed by atoms with Crippen LogP contribution in [0.1, 0.15) is 0 Å². The van der Waals surface area contributed by atoms with Gasteiger partial charge in [-0.05, 0) is 42.5 Å². The lowest BCUT2D eigenvalue weighted by Crippen LogP contribution is -1.95. The molecule has 0 saturated heterocycles. The summed E-state index contributed by atoms with van der Waals surface area (Å²) in [6.07, 6.45) is 0. The zero-order valence-corrected chi connectivity index (χ0v) is 13.7. The molecule has 0 radical (unpaired) electrons. The maximum atomic E-state index is 13.5. The van der Waals surface area contributed by atoms with Crippen LogP contribution >= 0.6 is 51.3 Å². The van der Waals surface area contributed by atoms with Crippen LogP contribution in [0.2, 0.25) is 10.0 Å². The summed E-state index contributed by atoms with van der Waals surface area (Å²) >= 11 is 20.4. The topological polar surface area (TPSA) is 20.7 Å². The molecule has 0 unspecified atom stereocenters. The van der Waals surface area contributed by atoms with Crippen molar-refractivity contribution >= 4 is 62.4 Å². The van der Waals surface area contributed by atoms with Crippen LogP contribution < -0.4 is 0 Å². The van der Waals surface area contributed by atoms with Gasteiger partial charge in [-0.15, -0.1) is 0 Å². The maximum absolute atomic E-state index is 13.5. The minimum Gasteiger partial charge on any atom is -0.330 e. The van der Waals surface area contributed by atoms with E-state index in [1.165, 1.54) is 12.1 Å². The number of benzene rings is 2. The number of hydrogen-bond acceptors (Lipinski definition) is 1. The number of nitrogens with one attached hydrogen (secondary N) is 1. The molecule has 0 bridgehead atoms. The molecule has 3 rings (SSSR count). The van der Waals surface area contributed by atoms with Crippen molar-refractivity contribution in [3.05, 3.63) is 55.4 Å². The summed E-state index contributed by atoms with van der Waals surface area (Å²) in [5.74, 6) is -0.635. The van der Waals surface area contributed by atoms with Crippen LogP contribution in [-0.2, 0) is 0 Å². The molecular weight excluding hydrogens is 386 g/mol. The lowest BCUT2D eigenvalue weighted by molar-refractivity contribution is 0.628. The second-order valence-electron chi connectivity index (χ2n) is 4.15. The van der Waals surface area contributed by atoms with Crippen molar-refractivity contribution < 1.29 is 4.39 Å². The van der Waals surface area contributed by atoms with Gasteiger partial charge in [0.2, 0.25) is 0 Å². The van der Waals surface area contributed by atoms with E-state index in [9.17, 15) is 4.39 Å². The SMILES string of the molecule is Fc1c(Cl)cc(-n2c(=S)[nH]c3ccc(Br)cc32)cc1Cl. The van der Waals surface area contributed by atoms with E-state index in [1.807, 2.05) is 18.2 Å². The Labute approximate surface area is 137 Å². The van der Waals surface area contributed by atoms with Crippen molar-refractivity contribution in [2.24, 2.45) is 0 Å². The van der Waals surface area contributed by atoms with Gasteiger partial charge in [0, 0.05) is 4.47 Å². The molecule has 1 N–H and O–H groups in total. The number of nitrogens with zero attached hydrogens (tertiary/aromatic N) is 1. The van der Waals surface area contributed by atoms with E-state index in [2.05, 4.69) is 20.9 Å². The number of H-pyrrole nitrogens is 1. The van der Waals surface area contributed by atoms with Crippen molar-refractivity contribution in [3.8, 4) is 5.69 Å².